The van der Waals surface area contributed by atoms with Gasteiger partial charge in [0.15, 0.2) is 0 Å². The summed E-state index contributed by atoms with van der Waals surface area (Å²) in [4.78, 5) is 29.7. The number of fused-ring (bicyclic) bond motifs is 1. The van der Waals surface area contributed by atoms with Crippen molar-refractivity contribution in [2.24, 2.45) is 0 Å². The second-order valence-corrected chi connectivity index (χ2v) is 7.42. The molecule has 0 radical (unpaired) electrons. The Bertz CT molecular complexity index is 1230. The Morgan fingerprint density at radius 2 is 1.86 bits per heavy atom. The van der Waals surface area contributed by atoms with Crippen LogP contribution in [0, 0.1) is 6.92 Å². The molecular formula is C21H18N4O3S. The number of rotatable bonds is 5. The molecule has 0 atom stereocenters. The number of hydrogen-bond acceptors (Lipinski definition) is 6. The van der Waals surface area contributed by atoms with Gasteiger partial charge in [0.05, 0.1) is 19.3 Å². The number of carbonyl (C=O) groups is 1. The zero-order chi connectivity index (χ0) is 20.4. The highest BCUT2D eigenvalue weighted by Gasteiger charge is 2.12. The third kappa shape index (κ3) is 4.02. The average Bonchev–Trinajstić information content (AvgIpc) is 3.17. The van der Waals surface area contributed by atoms with Crippen molar-refractivity contribution in [3.05, 3.63) is 81.8 Å². The maximum absolute atomic E-state index is 12.4. The Balaban J connectivity index is 1.55. The van der Waals surface area contributed by atoms with E-state index in [0.717, 1.165) is 16.9 Å². The summed E-state index contributed by atoms with van der Waals surface area (Å²) in [7, 11) is 1.61. The SMILES string of the molecule is COc1ccc(-c2nn3c(=O)cc(CNC(=O)c4ccc(C)cc4)nc3s2)cc1. The highest BCUT2D eigenvalue weighted by atomic mass is 32.1. The molecule has 0 saturated carbocycles. The average molecular weight is 406 g/mol. The summed E-state index contributed by atoms with van der Waals surface area (Å²) >= 11 is 1.31. The highest BCUT2D eigenvalue weighted by Crippen LogP contribution is 2.26. The monoisotopic (exact) mass is 406 g/mol. The molecule has 7 nitrogen and oxygen atoms in total. The minimum atomic E-state index is -0.286. The van der Waals surface area contributed by atoms with Crippen LogP contribution in [0.2, 0.25) is 0 Å². The van der Waals surface area contributed by atoms with Crippen LogP contribution in [-0.2, 0) is 6.54 Å². The second-order valence-electron chi connectivity index (χ2n) is 6.46. The molecule has 2 aromatic carbocycles. The van der Waals surface area contributed by atoms with Crippen LogP contribution in [-0.4, -0.2) is 27.6 Å². The van der Waals surface area contributed by atoms with Gasteiger partial charge in [0.25, 0.3) is 11.5 Å². The van der Waals surface area contributed by atoms with Gasteiger partial charge in [-0.1, -0.05) is 29.0 Å². The first-order valence-electron chi connectivity index (χ1n) is 8.92. The van der Waals surface area contributed by atoms with Crippen LogP contribution in [0.1, 0.15) is 21.6 Å². The first kappa shape index (κ1) is 18.8. The van der Waals surface area contributed by atoms with Gasteiger partial charge in [-0.05, 0) is 43.3 Å². The molecule has 1 N–H and O–H groups in total. The lowest BCUT2D eigenvalue weighted by atomic mass is 10.1. The number of nitrogens with one attached hydrogen (secondary N) is 1. The van der Waals surface area contributed by atoms with Crippen LogP contribution >= 0.6 is 11.3 Å². The molecule has 0 bridgehead atoms. The molecule has 146 valence electrons. The van der Waals surface area contributed by atoms with Crippen LogP contribution in [0.25, 0.3) is 15.5 Å². The Hall–Kier alpha value is -3.52. The van der Waals surface area contributed by atoms with Gasteiger partial charge >= 0.3 is 0 Å². The summed E-state index contributed by atoms with van der Waals surface area (Å²) in [6.45, 7) is 2.12. The molecule has 2 aromatic heterocycles. The molecule has 0 aliphatic carbocycles. The van der Waals surface area contributed by atoms with Gasteiger partial charge in [0, 0.05) is 17.2 Å². The van der Waals surface area contributed by atoms with Crippen molar-refractivity contribution in [2.45, 2.75) is 13.5 Å². The number of benzene rings is 2. The minimum Gasteiger partial charge on any atom is -0.497 e. The number of amides is 1. The standard InChI is InChI=1S/C21H18N4O3S/c1-13-3-5-14(6-4-13)19(27)22-12-16-11-18(26)25-21(23-16)29-20(24-25)15-7-9-17(28-2)10-8-15/h3-11H,12H2,1-2H3,(H,22,27). The Kier molecular flexibility index (Phi) is 5.09. The third-order valence-electron chi connectivity index (χ3n) is 4.38. The van der Waals surface area contributed by atoms with E-state index in [2.05, 4.69) is 15.4 Å². The maximum Gasteiger partial charge on any atom is 0.275 e. The van der Waals surface area contributed by atoms with E-state index in [-0.39, 0.29) is 18.0 Å². The largest absolute Gasteiger partial charge is 0.497 e. The quantitative estimate of drug-likeness (QED) is 0.551. The van der Waals surface area contributed by atoms with Crippen LogP contribution < -0.4 is 15.6 Å². The molecule has 29 heavy (non-hydrogen) atoms. The number of methoxy groups -OCH3 is 1. The lowest BCUT2D eigenvalue weighted by molar-refractivity contribution is 0.0950. The fraction of sp³-hybridized carbons (Fsp3) is 0.143. The summed E-state index contributed by atoms with van der Waals surface area (Å²) in [5, 5.41) is 7.84. The van der Waals surface area contributed by atoms with E-state index in [9.17, 15) is 9.59 Å². The van der Waals surface area contributed by atoms with Crippen molar-refractivity contribution in [1.29, 1.82) is 0 Å². The van der Waals surface area contributed by atoms with Gasteiger partial charge in [0.1, 0.15) is 10.8 Å². The van der Waals surface area contributed by atoms with E-state index in [1.807, 2.05) is 43.3 Å². The van der Waals surface area contributed by atoms with Gasteiger partial charge < -0.3 is 10.1 Å². The number of carbonyl (C=O) groups excluding carboxylic acids is 1. The summed E-state index contributed by atoms with van der Waals surface area (Å²) in [6, 6.07) is 16.1. The maximum atomic E-state index is 12.4. The van der Waals surface area contributed by atoms with Gasteiger partial charge in [-0.3, -0.25) is 9.59 Å². The van der Waals surface area contributed by atoms with Gasteiger partial charge in [0.2, 0.25) is 4.96 Å². The molecule has 0 saturated heterocycles. The van der Waals surface area contributed by atoms with E-state index in [1.165, 1.54) is 21.9 Å². The smallest absolute Gasteiger partial charge is 0.275 e. The highest BCUT2D eigenvalue weighted by molar-refractivity contribution is 7.19. The number of ether oxygens (including phenoxy) is 1. The molecule has 2 heterocycles. The summed E-state index contributed by atoms with van der Waals surface area (Å²) < 4.78 is 6.44. The van der Waals surface area contributed by atoms with Crippen LogP contribution in [0.4, 0.5) is 0 Å². The predicted octanol–water partition coefficient (Wildman–Crippen LogP) is 3.07. The van der Waals surface area contributed by atoms with Crippen LogP contribution in [0.5, 0.6) is 5.75 Å². The molecule has 4 aromatic rings. The van der Waals surface area contributed by atoms with Gasteiger partial charge in [-0.15, -0.1) is 0 Å². The summed E-state index contributed by atoms with van der Waals surface area (Å²) in [5.41, 5.74) is 2.72. The minimum absolute atomic E-state index is 0.161. The third-order valence-corrected chi connectivity index (χ3v) is 5.34. The van der Waals surface area contributed by atoms with Crippen molar-refractivity contribution < 1.29 is 9.53 Å². The fourth-order valence-electron chi connectivity index (χ4n) is 2.77. The molecule has 4 rings (SSSR count). The first-order chi connectivity index (χ1) is 14.0. The second kappa shape index (κ2) is 7.84. The van der Waals surface area contributed by atoms with Gasteiger partial charge in [-0.25, -0.2) is 4.98 Å². The Labute approximate surface area is 170 Å². The van der Waals surface area contributed by atoms with Crippen molar-refractivity contribution in [2.75, 3.05) is 7.11 Å². The number of aryl methyl sites for hydroxylation is 1. The van der Waals surface area contributed by atoms with E-state index < -0.39 is 0 Å². The zero-order valence-corrected chi connectivity index (χ0v) is 16.7. The number of nitrogens with zero attached hydrogens (tertiary/aromatic N) is 3. The predicted molar refractivity (Wildman–Crippen MR) is 111 cm³/mol. The molecule has 0 unspecified atom stereocenters. The van der Waals surface area contributed by atoms with Crippen molar-refractivity contribution in [3.8, 4) is 16.3 Å². The molecule has 1 amide bonds. The zero-order valence-electron chi connectivity index (χ0n) is 15.9. The first-order valence-corrected chi connectivity index (χ1v) is 9.74. The van der Waals surface area contributed by atoms with E-state index in [4.69, 9.17) is 4.74 Å². The molecule has 0 aliphatic rings. The Morgan fingerprint density at radius 1 is 1.14 bits per heavy atom. The van der Waals surface area contributed by atoms with Gasteiger partial charge in [-0.2, -0.15) is 9.61 Å². The van der Waals surface area contributed by atoms with E-state index in [1.54, 1.807) is 19.2 Å². The lowest BCUT2D eigenvalue weighted by Gasteiger charge is -2.05. The topological polar surface area (TPSA) is 85.6 Å². The van der Waals surface area contributed by atoms with Crippen molar-refractivity contribution in [3.63, 3.8) is 0 Å². The Morgan fingerprint density at radius 3 is 2.55 bits per heavy atom. The number of hydrogen-bond donors (Lipinski definition) is 1. The molecule has 8 heteroatoms. The molecule has 0 fully saturated rings. The van der Waals surface area contributed by atoms with Crippen molar-refractivity contribution in [1.82, 2.24) is 19.9 Å². The van der Waals surface area contributed by atoms with E-state index in [0.29, 0.717) is 21.2 Å². The summed E-state index contributed by atoms with van der Waals surface area (Å²) in [6.07, 6.45) is 0. The number of aromatic nitrogens is 3. The van der Waals surface area contributed by atoms with Crippen molar-refractivity contribution >= 4 is 22.2 Å². The van der Waals surface area contributed by atoms with Crippen LogP contribution in [0.15, 0.2) is 59.4 Å². The molecular weight excluding hydrogens is 388 g/mol. The normalized spacial score (nSPS) is 10.8. The van der Waals surface area contributed by atoms with E-state index >= 15 is 0 Å². The lowest BCUT2D eigenvalue weighted by Crippen LogP contribution is -2.25. The molecule has 0 aliphatic heterocycles. The van der Waals surface area contributed by atoms with Crippen LogP contribution in [0.3, 0.4) is 0 Å². The molecule has 0 spiro atoms. The summed E-state index contributed by atoms with van der Waals surface area (Å²) in [5.74, 6) is 0.534. The fourth-order valence-corrected chi connectivity index (χ4v) is 3.70.